The SMILES string of the molecule is Cc1cc(Cl)ccc1OCC(=O)NCc1nc2ccccc2s1. The van der Waals surface area contributed by atoms with E-state index < -0.39 is 0 Å². The number of hydrogen-bond acceptors (Lipinski definition) is 4. The molecule has 1 N–H and O–H groups in total. The zero-order valence-electron chi connectivity index (χ0n) is 12.5. The summed E-state index contributed by atoms with van der Waals surface area (Å²) in [4.78, 5) is 16.4. The number of aryl methyl sites for hydroxylation is 1. The molecule has 0 saturated heterocycles. The van der Waals surface area contributed by atoms with Crippen molar-refractivity contribution in [3.05, 3.63) is 58.1 Å². The van der Waals surface area contributed by atoms with Gasteiger partial charge in [-0.2, -0.15) is 0 Å². The molecule has 0 radical (unpaired) electrons. The molecule has 0 spiro atoms. The van der Waals surface area contributed by atoms with Crippen LogP contribution in [0.3, 0.4) is 0 Å². The van der Waals surface area contributed by atoms with E-state index >= 15 is 0 Å². The third-order valence-corrected chi connectivity index (χ3v) is 4.54. The van der Waals surface area contributed by atoms with Crippen LogP contribution < -0.4 is 10.1 Å². The smallest absolute Gasteiger partial charge is 0.258 e. The summed E-state index contributed by atoms with van der Waals surface area (Å²) < 4.78 is 6.63. The van der Waals surface area contributed by atoms with Crippen LogP contribution in [-0.2, 0) is 11.3 Å². The number of thiazole rings is 1. The first-order valence-corrected chi connectivity index (χ1v) is 8.31. The highest BCUT2D eigenvalue weighted by molar-refractivity contribution is 7.18. The molecule has 23 heavy (non-hydrogen) atoms. The van der Waals surface area contributed by atoms with Gasteiger partial charge in [-0.15, -0.1) is 11.3 Å². The van der Waals surface area contributed by atoms with E-state index in [1.165, 1.54) is 0 Å². The topological polar surface area (TPSA) is 51.2 Å². The maximum absolute atomic E-state index is 11.9. The number of amides is 1. The van der Waals surface area contributed by atoms with Crippen LogP contribution in [0.2, 0.25) is 5.02 Å². The lowest BCUT2D eigenvalue weighted by atomic mass is 10.2. The first-order valence-electron chi connectivity index (χ1n) is 7.12. The first-order chi connectivity index (χ1) is 11.1. The Bertz CT molecular complexity index is 814. The van der Waals surface area contributed by atoms with Crippen LogP contribution in [0.5, 0.6) is 5.75 Å². The second-order valence-corrected chi connectivity index (χ2v) is 6.60. The van der Waals surface area contributed by atoms with Crippen molar-refractivity contribution in [3.8, 4) is 5.75 Å². The molecule has 3 rings (SSSR count). The molecule has 118 valence electrons. The Balaban J connectivity index is 1.53. The Kier molecular flexibility index (Phi) is 4.79. The number of carbonyl (C=O) groups is 1. The van der Waals surface area contributed by atoms with Gasteiger partial charge in [-0.05, 0) is 42.8 Å². The predicted octanol–water partition coefficient (Wildman–Crippen LogP) is 3.95. The summed E-state index contributed by atoms with van der Waals surface area (Å²) in [5, 5.41) is 4.34. The standard InChI is InChI=1S/C17H15ClN2O2S/c1-11-8-12(18)6-7-14(11)22-10-16(21)19-9-17-20-13-4-2-3-5-15(13)23-17/h2-8H,9-10H2,1H3,(H,19,21). The number of benzene rings is 2. The third kappa shape index (κ3) is 4.00. The molecule has 0 aliphatic heterocycles. The van der Waals surface area contributed by atoms with E-state index in [4.69, 9.17) is 16.3 Å². The highest BCUT2D eigenvalue weighted by atomic mass is 35.5. The van der Waals surface area contributed by atoms with Crippen LogP contribution in [-0.4, -0.2) is 17.5 Å². The fraction of sp³-hybridized carbons (Fsp3) is 0.176. The number of nitrogens with one attached hydrogen (secondary N) is 1. The zero-order chi connectivity index (χ0) is 16.2. The van der Waals surface area contributed by atoms with Crippen molar-refractivity contribution in [2.24, 2.45) is 0 Å². The molecule has 1 amide bonds. The van der Waals surface area contributed by atoms with Gasteiger partial charge in [0.2, 0.25) is 0 Å². The zero-order valence-corrected chi connectivity index (χ0v) is 14.1. The molecule has 0 aliphatic rings. The second-order valence-electron chi connectivity index (χ2n) is 5.05. The van der Waals surface area contributed by atoms with Gasteiger partial charge < -0.3 is 10.1 Å². The molecule has 0 bridgehead atoms. The lowest BCUT2D eigenvalue weighted by molar-refractivity contribution is -0.123. The van der Waals surface area contributed by atoms with Crippen LogP contribution >= 0.6 is 22.9 Å². The van der Waals surface area contributed by atoms with Gasteiger partial charge in [-0.25, -0.2) is 4.98 Å². The van der Waals surface area contributed by atoms with Crippen molar-refractivity contribution in [3.63, 3.8) is 0 Å². The third-order valence-electron chi connectivity index (χ3n) is 3.27. The van der Waals surface area contributed by atoms with Crippen LogP contribution in [0, 0.1) is 6.92 Å². The number of aromatic nitrogens is 1. The maximum atomic E-state index is 11.9. The number of fused-ring (bicyclic) bond motifs is 1. The normalized spacial score (nSPS) is 10.7. The monoisotopic (exact) mass is 346 g/mol. The van der Waals surface area contributed by atoms with E-state index in [1.54, 1.807) is 29.5 Å². The fourth-order valence-electron chi connectivity index (χ4n) is 2.14. The number of halogens is 1. The van der Waals surface area contributed by atoms with Gasteiger partial charge in [0.05, 0.1) is 16.8 Å². The van der Waals surface area contributed by atoms with Crippen molar-refractivity contribution in [2.45, 2.75) is 13.5 Å². The van der Waals surface area contributed by atoms with E-state index in [-0.39, 0.29) is 12.5 Å². The Morgan fingerprint density at radius 2 is 2.13 bits per heavy atom. The van der Waals surface area contributed by atoms with Crippen molar-refractivity contribution < 1.29 is 9.53 Å². The molecule has 3 aromatic rings. The number of ether oxygens (including phenoxy) is 1. The molecule has 2 aromatic carbocycles. The predicted molar refractivity (Wildman–Crippen MR) is 93.2 cm³/mol. The summed E-state index contributed by atoms with van der Waals surface area (Å²) in [7, 11) is 0. The van der Waals surface area contributed by atoms with Crippen LogP contribution in [0.25, 0.3) is 10.2 Å². The summed E-state index contributed by atoms with van der Waals surface area (Å²) >= 11 is 7.47. The van der Waals surface area contributed by atoms with Gasteiger partial charge in [0.15, 0.2) is 6.61 Å². The van der Waals surface area contributed by atoms with Crippen molar-refractivity contribution in [1.29, 1.82) is 0 Å². The Morgan fingerprint density at radius 3 is 2.91 bits per heavy atom. The van der Waals surface area contributed by atoms with Gasteiger partial charge >= 0.3 is 0 Å². The molecule has 6 heteroatoms. The summed E-state index contributed by atoms with van der Waals surface area (Å²) in [5.74, 6) is 0.475. The highest BCUT2D eigenvalue weighted by Gasteiger charge is 2.07. The quantitative estimate of drug-likeness (QED) is 0.761. The van der Waals surface area contributed by atoms with Crippen molar-refractivity contribution in [2.75, 3.05) is 6.61 Å². The molecule has 0 fully saturated rings. The van der Waals surface area contributed by atoms with E-state index in [2.05, 4.69) is 10.3 Å². The average molecular weight is 347 g/mol. The molecule has 0 saturated carbocycles. The molecule has 0 atom stereocenters. The van der Waals surface area contributed by atoms with Crippen LogP contribution in [0.4, 0.5) is 0 Å². The van der Waals surface area contributed by atoms with Crippen LogP contribution in [0.1, 0.15) is 10.6 Å². The summed E-state index contributed by atoms with van der Waals surface area (Å²) in [6.07, 6.45) is 0. The molecule has 0 aliphatic carbocycles. The molecule has 4 nitrogen and oxygen atoms in total. The van der Waals surface area contributed by atoms with Gasteiger partial charge in [0, 0.05) is 5.02 Å². The van der Waals surface area contributed by atoms with Crippen LogP contribution in [0.15, 0.2) is 42.5 Å². The second kappa shape index (κ2) is 6.98. The number of hydrogen-bond donors (Lipinski definition) is 1. The molecule has 1 aromatic heterocycles. The maximum Gasteiger partial charge on any atom is 0.258 e. The minimum atomic E-state index is -0.182. The van der Waals surface area contributed by atoms with Gasteiger partial charge in [-0.1, -0.05) is 23.7 Å². The number of nitrogens with zero attached hydrogens (tertiary/aromatic N) is 1. The minimum absolute atomic E-state index is 0.0344. The lowest BCUT2D eigenvalue weighted by Crippen LogP contribution is -2.28. The molecular weight excluding hydrogens is 332 g/mol. The van der Waals surface area contributed by atoms with Gasteiger partial charge in [0.1, 0.15) is 10.8 Å². The largest absolute Gasteiger partial charge is 0.484 e. The summed E-state index contributed by atoms with van der Waals surface area (Å²) in [6, 6.07) is 13.2. The van der Waals surface area contributed by atoms with E-state index in [0.717, 1.165) is 20.8 Å². The van der Waals surface area contributed by atoms with Gasteiger partial charge in [-0.3, -0.25) is 4.79 Å². The first kappa shape index (κ1) is 15.8. The lowest BCUT2D eigenvalue weighted by Gasteiger charge is -2.09. The molecule has 0 unspecified atom stereocenters. The minimum Gasteiger partial charge on any atom is -0.484 e. The van der Waals surface area contributed by atoms with E-state index in [9.17, 15) is 4.79 Å². The van der Waals surface area contributed by atoms with Gasteiger partial charge in [0.25, 0.3) is 5.91 Å². The number of carbonyl (C=O) groups excluding carboxylic acids is 1. The number of rotatable bonds is 5. The van der Waals surface area contributed by atoms with E-state index in [1.807, 2.05) is 31.2 Å². The van der Waals surface area contributed by atoms with Crippen molar-refractivity contribution >= 4 is 39.1 Å². The average Bonchev–Trinajstić information content (AvgIpc) is 2.95. The van der Waals surface area contributed by atoms with E-state index in [0.29, 0.717) is 17.3 Å². The Morgan fingerprint density at radius 1 is 1.30 bits per heavy atom. The highest BCUT2D eigenvalue weighted by Crippen LogP contribution is 2.22. The Hall–Kier alpha value is -2.11. The summed E-state index contributed by atoms with van der Waals surface area (Å²) in [6.45, 7) is 2.26. The summed E-state index contributed by atoms with van der Waals surface area (Å²) in [5.41, 5.74) is 1.85. The molecular formula is C17H15ClN2O2S. The Labute approximate surface area is 143 Å². The van der Waals surface area contributed by atoms with Crippen molar-refractivity contribution in [1.82, 2.24) is 10.3 Å². The number of para-hydroxylation sites is 1. The fourth-order valence-corrected chi connectivity index (χ4v) is 3.27. The molecule has 1 heterocycles.